The molecule has 0 aromatic carbocycles. The van der Waals surface area contributed by atoms with E-state index in [1.165, 1.54) is 0 Å². The van der Waals surface area contributed by atoms with Gasteiger partial charge in [-0.2, -0.15) is 0 Å². The third-order valence-corrected chi connectivity index (χ3v) is 5.10. The Labute approximate surface area is 144 Å². The second kappa shape index (κ2) is 6.46. The Balaban J connectivity index is 1.73. The molecule has 0 radical (unpaired) electrons. The molecule has 128 valence electrons. The van der Waals surface area contributed by atoms with Crippen LogP contribution >= 0.6 is 0 Å². The second-order valence-corrected chi connectivity index (χ2v) is 6.84. The molecule has 1 fully saturated rings. The van der Waals surface area contributed by atoms with Crippen molar-refractivity contribution in [3.8, 4) is 0 Å². The maximum Gasteiger partial charge on any atom is 0.0148 e. The molecule has 0 aromatic rings. The van der Waals surface area contributed by atoms with E-state index in [2.05, 4.69) is 4.90 Å². The summed E-state index contributed by atoms with van der Waals surface area (Å²) in [5.74, 6) is -0.890. The molecule has 2 heterocycles. The zero-order chi connectivity index (χ0) is 17.4. The largest absolute Gasteiger partial charge is 0.851 e. The minimum atomic E-state index is -0.865. The van der Waals surface area contributed by atoms with Crippen molar-refractivity contribution >= 4 is 0 Å². The Morgan fingerprint density at radius 3 is 1.79 bits per heavy atom. The van der Waals surface area contributed by atoms with Crippen molar-refractivity contribution in [1.29, 1.82) is 0 Å². The monoisotopic (exact) mass is 324 g/mol. The van der Waals surface area contributed by atoms with Crippen LogP contribution in [0.4, 0.5) is 0 Å². The van der Waals surface area contributed by atoms with Crippen LogP contribution in [0.15, 0.2) is 71.4 Å². The number of nitrogens with zero attached hydrogens (tertiary/aromatic N) is 2. The highest BCUT2D eigenvalue weighted by Crippen LogP contribution is 2.36. The standard InChI is InChI=1S/C20H24N2O2/c1-13-9-16(10-14(2)22(13)4)12-18-19(23)17(20(18)24)11-15-5-7-21(3)8-6-15/h5-12,17-20H,1-4H3/q-2. The van der Waals surface area contributed by atoms with E-state index >= 15 is 0 Å². The van der Waals surface area contributed by atoms with E-state index in [-0.39, 0.29) is 0 Å². The van der Waals surface area contributed by atoms with Gasteiger partial charge in [0.05, 0.1) is 0 Å². The topological polar surface area (TPSA) is 52.6 Å². The summed E-state index contributed by atoms with van der Waals surface area (Å²) in [5, 5.41) is 25.0. The van der Waals surface area contributed by atoms with Gasteiger partial charge in [-0.15, -0.1) is 12.2 Å². The van der Waals surface area contributed by atoms with Crippen molar-refractivity contribution in [2.75, 3.05) is 14.1 Å². The van der Waals surface area contributed by atoms with Gasteiger partial charge in [0.2, 0.25) is 0 Å². The quantitative estimate of drug-likeness (QED) is 0.767. The van der Waals surface area contributed by atoms with Crippen molar-refractivity contribution in [1.82, 2.24) is 9.80 Å². The van der Waals surface area contributed by atoms with E-state index in [0.717, 1.165) is 22.5 Å². The van der Waals surface area contributed by atoms with Gasteiger partial charge in [0, 0.05) is 37.9 Å². The lowest BCUT2D eigenvalue weighted by Gasteiger charge is -2.59. The molecular formula is C20H24N2O2-2. The molecule has 0 bridgehead atoms. The van der Waals surface area contributed by atoms with Crippen LogP contribution in [0, 0.1) is 11.8 Å². The predicted molar refractivity (Wildman–Crippen MR) is 92.0 cm³/mol. The van der Waals surface area contributed by atoms with E-state index in [4.69, 9.17) is 0 Å². The fourth-order valence-corrected chi connectivity index (χ4v) is 3.28. The summed E-state index contributed by atoms with van der Waals surface area (Å²) in [7, 11) is 3.95. The van der Waals surface area contributed by atoms with Gasteiger partial charge in [-0.05, 0) is 61.1 Å². The second-order valence-electron chi connectivity index (χ2n) is 6.84. The van der Waals surface area contributed by atoms with Crippen molar-refractivity contribution < 1.29 is 10.2 Å². The smallest absolute Gasteiger partial charge is 0.0148 e. The molecule has 3 aliphatic rings. The minimum absolute atomic E-state index is 0.444. The zero-order valence-corrected chi connectivity index (χ0v) is 14.6. The van der Waals surface area contributed by atoms with Crippen LogP contribution in [0.3, 0.4) is 0 Å². The Hall–Kier alpha value is -2.04. The first kappa shape index (κ1) is 16.8. The summed E-state index contributed by atoms with van der Waals surface area (Å²) in [4.78, 5) is 4.02. The normalized spacial score (nSPS) is 32.4. The van der Waals surface area contributed by atoms with Gasteiger partial charge in [0.15, 0.2) is 0 Å². The van der Waals surface area contributed by atoms with Crippen LogP contribution in [0.5, 0.6) is 0 Å². The summed E-state index contributed by atoms with van der Waals surface area (Å²) >= 11 is 0. The molecule has 3 rings (SSSR count). The maximum absolute atomic E-state index is 12.5. The van der Waals surface area contributed by atoms with Gasteiger partial charge >= 0.3 is 0 Å². The van der Waals surface area contributed by atoms with Gasteiger partial charge in [-0.3, -0.25) is 0 Å². The first-order valence-electron chi connectivity index (χ1n) is 8.31. The number of rotatable bonds is 2. The fourth-order valence-electron chi connectivity index (χ4n) is 3.28. The SMILES string of the molecule is CC1=CC(=CC2C([O-])C(C=C3C=CN(C)C=C3)C2[O-])C=C(C)N1C. The average molecular weight is 324 g/mol. The Morgan fingerprint density at radius 1 is 0.833 bits per heavy atom. The molecule has 0 aromatic heterocycles. The predicted octanol–water partition coefficient (Wildman–Crippen LogP) is 1.27. The molecule has 0 amide bonds. The molecule has 0 spiro atoms. The molecule has 2 aliphatic heterocycles. The van der Waals surface area contributed by atoms with Gasteiger partial charge in [0.1, 0.15) is 0 Å². The fraction of sp³-hybridized carbons (Fsp3) is 0.400. The molecule has 4 nitrogen and oxygen atoms in total. The highest BCUT2D eigenvalue weighted by atomic mass is 16.3. The first-order chi connectivity index (χ1) is 11.4. The maximum atomic E-state index is 12.5. The summed E-state index contributed by atoms with van der Waals surface area (Å²) in [6.45, 7) is 4.06. The van der Waals surface area contributed by atoms with Crippen LogP contribution in [0.25, 0.3) is 0 Å². The van der Waals surface area contributed by atoms with E-state index in [0.29, 0.717) is 0 Å². The summed E-state index contributed by atoms with van der Waals surface area (Å²) < 4.78 is 0. The molecule has 0 N–H and O–H groups in total. The average Bonchev–Trinajstić information content (AvgIpc) is 2.56. The van der Waals surface area contributed by atoms with Gasteiger partial charge in [-0.1, -0.05) is 12.2 Å². The Morgan fingerprint density at radius 2 is 1.29 bits per heavy atom. The third kappa shape index (κ3) is 3.12. The van der Waals surface area contributed by atoms with Crippen LogP contribution < -0.4 is 10.2 Å². The van der Waals surface area contributed by atoms with Crippen LogP contribution in [0.2, 0.25) is 0 Å². The van der Waals surface area contributed by atoms with Crippen molar-refractivity contribution in [2.45, 2.75) is 26.1 Å². The van der Waals surface area contributed by atoms with Crippen molar-refractivity contribution in [3.63, 3.8) is 0 Å². The van der Waals surface area contributed by atoms with Crippen LogP contribution in [-0.2, 0) is 0 Å². The summed E-state index contributed by atoms with van der Waals surface area (Å²) in [6, 6.07) is 0. The first-order valence-corrected chi connectivity index (χ1v) is 8.31. The molecule has 1 saturated carbocycles. The van der Waals surface area contributed by atoms with Gasteiger partial charge in [-0.25, -0.2) is 0 Å². The number of allylic oxidation sites excluding steroid dienone is 8. The van der Waals surface area contributed by atoms with E-state index < -0.39 is 24.0 Å². The van der Waals surface area contributed by atoms with E-state index in [1.54, 1.807) is 0 Å². The molecule has 2 atom stereocenters. The van der Waals surface area contributed by atoms with Gasteiger partial charge < -0.3 is 20.0 Å². The van der Waals surface area contributed by atoms with Crippen molar-refractivity contribution in [3.05, 3.63) is 71.4 Å². The molecule has 0 saturated heterocycles. The van der Waals surface area contributed by atoms with Crippen LogP contribution in [0.1, 0.15) is 13.8 Å². The zero-order valence-electron chi connectivity index (χ0n) is 14.6. The van der Waals surface area contributed by atoms with Gasteiger partial charge in [0.25, 0.3) is 0 Å². The lowest BCUT2D eigenvalue weighted by atomic mass is 9.67. The Bertz CT molecular complexity index is 648. The van der Waals surface area contributed by atoms with Crippen LogP contribution in [-0.4, -0.2) is 36.1 Å². The lowest BCUT2D eigenvalue weighted by molar-refractivity contribution is -0.550. The lowest BCUT2D eigenvalue weighted by Crippen LogP contribution is -2.65. The summed E-state index contributed by atoms with van der Waals surface area (Å²) in [5.41, 5.74) is 4.15. The van der Waals surface area contributed by atoms with Crippen molar-refractivity contribution in [2.24, 2.45) is 11.8 Å². The molecular weight excluding hydrogens is 300 g/mol. The highest BCUT2D eigenvalue weighted by molar-refractivity contribution is 5.41. The number of hydrogen-bond acceptors (Lipinski definition) is 4. The molecule has 2 unspecified atom stereocenters. The minimum Gasteiger partial charge on any atom is -0.851 e. The molecule has 1 aliphatic carbocycles. The number of hydrogen-bond donors (Lipinski definition) is 0. The highest BCUT2D eigenvalue weighted by Gasteiger charge is 2.33. The molecule has 24 heavy (non-hydrogen) atoms. The molecule has 4 heteroatoms. The van der Waals surface area contributed by atoms with E-state index in [1.807, 2.05) is 81.7 Å². The third-order valence-electron chi connectivity index (χ3n) is 5.10. The summed E-state index contributed by atoms with van der Waals surface area (Å²) in [6.07, 6.45) is 13.7. The Kier molecular flexibility index (Phi) is 4.52. The van der Waals surface area contributed by atoms with E-state index in [9.17, 15) is 10.2 Å².